The van der Waals surface area contributed by atoms with E-state index in [0.29, 0.717) is 19.3 Å². The Morgan fingerprint density at radius 2 is 2.07 bits per heavy atom. The Balaban J connectivity index is 2.04. The maximum absolute atomic E-state index is 5.51. The van der Waals surface area contributed by atoms with Gasteiger partial charge in [-0.25, -0.2) is 0 Å². The average Bonchev–Trinajstić information content (AvgIpc) is 2.62. The van der Waals surface area contributed by atoms with Crippen LogP contribution in [0.2, 0.25) is 0 Å². The summed E-state index contributed by atoms with van der Waals surface area (Å²) in [6, 6.07) is 0.384. The van der Waals surface area contributed by atoms with Crippen molar-refractivity contribution in [2.24, 2.45) is 0 Å². The van der Waals surface area contributed by atoms with Gasteiger partial charge < -0.3 is 19.5 Å². The normalized spacial score (nSPS) is 21.8. The molecule has 1 heterocycles. The predicted octanol–water partition coefficient (Wildman–Crippen LogP) is 1.15. The Morgan fingerprint density at radius 1 is 1.40 bits per heavy atom. The van der Waals surface area contributed by atoms with Gasteiger partial charge in [-0.05, 0) is 20.8 Å². The summed E-state index contributed by atoms with van der Waals surface area (Å²) in [4.78, 5) is 0. The molecule has 4 nitrogen and oxygen atoms in total. The minimum absolute atomic E-state index is 0.377. The number of ether oxygens (including phenoxy) is 3. The van der Waals surface area contributed by atoms with Crippen molar-refractivity contribution < 1.29 is 14.2 Å². The molecule has 0 aromatic carbocycles. The van der Waals surface area contributed by atoms with Crippen molar-refractivity contribution in [2.75, 3.05) is 33.0 Å². The SMILES string of the molecule is CCOCC(C)NCCC1(C)OCCO1. The van der Waals surface area contributed by atoms with Crippen LogP contribution in [0.1, 0.15) is 27.2 Å². The number of hydrogen-bond acceptors (Lipinski definition) is 4. The lowest BCUT2D eigenvalue weighted by Gasteiger charge is -2.23. The molecule has 1 rings (SSSR count). The molecule has 0 aromatic rings. The van der Waals surface area contributed by atoms with Crippen LogP contribution in [-0.4, -0.2) is 44.8 Å². The first-order chi connectivity index (χ1) is 7.16. The summed E-state index contributed by atoms with van der Waals surface area (Å²) in [7, 11) is 0. The van der Waals surface area contributed by atoms with Gasteiger partial charge in [0, 0.05) is 25.6 Å². The van der Waals surface area contributed by atoms with Gasteiger partial charge >= 0.3 is 0 Å². The van der Waals surface area contributed by atoms with Gasteiger partial charge in [0.1, 0.15) is 0 Å². The van der Waals surface area contributed by atoms with Crippen LogP contribution in [0.3, 0.4) is 0 Å². The summed E-state index contributed by atoms with van der Waals surface area (Å²) in [5.41, 5.74) is 0. The van der Waals surface area contributed by atoms with E-state index in [9.17, 15) is 0 Å². The van der Waals surface area contributed by atoms with Crippen LogP contribution in [0, 0.1) is 0 Å². The molecule has 1 aliphatic heterocycles. The van der Waals surface area contributed by atoms with E-state index in [1.54, 1.807) is 0 Å². The summed E-state index contributed by atoms with van der Waals surface area (Å²) < 4.78 is 16.3. The lowest BCUT2D eigenvalue weighted by molar-refractivity contribution is -0.145. The van der Waals surface area contributed by atoms with Crippen LogP contribution in [0.15, 0.2) is 0 Å². The summed E-state index contributed by atoms with van der Waals surface area (Å²) in [5.74, 6) is -0.377. The van der Waals surface area contributed by atoms with Crippen LogP contribution in [-0.2, 0) is 14.2 Å². The zero-order chi connectivity index (χ0) is 11.1. The molecule has 0 spiro atoms. The minimum Gasteiger partial charge on any atom is -0.380 e. The van der Waals surface area contributed by atoms with Crippen molar-refractivity contribution >= 4 is 0 Å². The van der Waals surface area contributed by atoms with Crippen molar-refractivity contribution in [2.45, 2.75) is 39.0 Å². The van der Waals surface area contributed by atoms with Crippen LogP contribution in [0.4, 0.5) is 0 Å². The molecule has 1 N–H and O–H groups in total. The van der Waals surface area contributed by atoms with Crippen LogP contribution in [0.25, 0.3) is 0 Å². The fourth-order valence-electron chi connectivity index (χ4n) is 1.60. The third-order valence-electron chi connectivity index (χ3n) is 2.54. The van der Waals surface area contributed by atoms with E-state index in [1.807, 2.05) is 13.8 Å². The Kier molecular flexibility index (Phi) is 5.53. The Labute approximate surface area is 92.3 Å². The molecule has 4 heteroatoms. The van der Waals surface area contributed by atoms with Crippen LogP contribution >= 0.6 is 0 Å². The number of rotatable bonds is 7. The first-order valence-corrected chi connectivity index (χ1v) is 5.75. The molecular formula is C11H23NO3. The van der Waals surface area contributed by atoms with Crippen LogP contribution in [0.5, 0.6) is 0 Å². The van der Waals surface area contributed by atoms with E-state index >= 15 is 0 Å². The molecule has 0 bridgehead atoms. The van der Waals surface area contributed by atoms with Gasteiger partial charge in [-0.2, -0.15) is 0 Å². The molecule has 1 saturated heterocycles. The molecule has 0 saturated carbocycles. The fourth-order valence-corrected chi connectivity index (χ4v) is 1.60. The van der Waals surface area contributed by atoms with Crippen molar-refractivity contribution in [3.63, 3.8) is 0 Å². The third kappa shape index (κ3) is 4.93. The standard InChI is InChI=1S/C11H23NO3/c1-4-13-9-10(2)12-6-5-11(3)14-7-8-15-11/h10,12H,4-9H2,1-3H3. The minimum atomic E-state index is -0.377. The van der Waals surface area contributed by atoms with Crippen molar-refractivity contribution in [3.05, 3.63) is 0 Å². The monoisotopic (exact) mass is 217 g/mol. The summed E-state index contributed by atoms with van der Waals surface area (Å²) in [5, 5.41) is 3.38. The topological polar surface area (TPSA) is 39.7 Å². The van der Waals surface area contributed by atoms with E-state index in [-0.39, 0.29) is 5.79 Å². The summed E-state index contributed by atoms with van der Waals surface area (Å²) >= 11 is 0. The van der Waals surface area contributed by atoms with Gasteiger partial charge in [0.05, 0.1) is 19.8 Å². The smallest absolute Gasteiger partial charge is 0.166 e. The molecule has 1 aliphatic rings. The van der Waals surface area contributed by atoms with Gasteiger partial charge in [0.2, 0.25) is 0 Å². The molecule has 1 atom stereocenters. The molecule has 0 amide bonds. The van der Waals surface area contributed by atoms with E-state index in [2.05, 4.69) is 12.2 Å². The van der Waals surface area contributed by atoms with Crippen molar-refractivity contribution in [1.82, 2.24) is 5.32 Å². The van der Waals surface area contributed by atoms with Gasteiger partial charge in [0.25, 0.3) is 0 Å². The Bertz CT molecular complexity index is 169. The van der Waals surface area contributed by atoms with Crippen molar-refractivity contribution in [3.8, 4) is 0 Å². The largest absolute Gasteiger partial charge is 0.380 e. The maximum atomic E-state index is 5.51. The van der Waals surface area contributed by atoms with E-state index < -0.39 is 0 Å². The molecule has 1 fully saturated rings. The average molecular weight is 217 g/mol. The molecule has 90 valence electrons. The summed E-state index contributed by atoms with van der Waals surface area (Å²) in [6.45, 7) is 9.98. The Hall–Kier alpha value is -0.160. The van der Waals surface area contributed by atoms with E-state index in [1.165, 1.54) is 0 Å². The van der Waals surface area contributed by atoms with E-state index in [4.69, 9.17) is 14.2 Å². The quantitative estimate of drug-likeness (QED) is 0.694. The van der Waals surface area contributed by atoms with Gasteiger partial charge in [0.15, 0.2) is 5.79 Å². The highest BCUT2D eigenvalue weighted by Gasteiger charge is 2.30. The lowest BCUT2D eigenvalue weighted by atomic mass is 10.2. The second-order valence-corrected chi connectivity index (χ2v) is 4.10. The molecular weight excluding hydrogens is 194 g/mol. The molecule has 0 radical (unpaired) electrons. The Morgan fingerprint density at radius 3 is 2.67 bits per heavy atom. The highest BCUT2D eigenvalue weighted by Crippen LogP contribution is 2.21. The van der Waals surface area contributed by atoms with E-state index in [0.717, 1.165) is 26.2 Å². The predicted molar refractivity (Wildman–Crippen MR) is 58.9 cm³/mol. The highest BCUT2D eigenvalue weighted by molar-refractivity contribution is 4.70. The second-order valence-electron chi connectivity index (χ2n) is 4.10. The lowest BCUT2D eigenvalue weighted by Crippen LogP contribution is -2.36. The zero-order valence-corrected chi connectivity index (χ0v) is 10.0. The molecule has 0 aromatic heterocycles. The zero-order valence-electron chi connectivity index (χ0n) is 10.0. The summed E-state index contributed by atoms with van der Waals surface area (Å²) in [6.07, 6.45) is 0.878. The molecule has 15 heavy (non-hydrogen) atoms. The fraction of sp³-hybridized carbons (Fsp3) is 1.00. The first kappa shape index (κ1) is 12.9. The molecule has 0 aliphatic carbocycles. The van der Waals surface area contributed by atoms with Gasteiger partial charge in [-0.1, -0.05) is 0 Å². The van der Waals surface area contributed by atoms with Crippen molar-refractivity contribution in [1.29, 1.82) is 0 Å². The number of hydrogen-bond donors (Lipinski definition) is 1. The third-order valence-corrected chi connectivity index (χ3v) is 2.54. The van der Waals surface area contributed by atoms with Gasteiger partial charge in [-0.15, -0.1) is 0 Å². The number of nitrogens with one attached hydrogen (secondary N) is 1. The van der Waals surface area contributed by atoms with Crippen LogP contribution < -0.4 is 5.32 Å². The maximum Gasteiger partial charge on any atom is 0.166 e. The second kappa shape index (κ2) is 6.43. The first-order valence-electron chi connectivity index (χ1n) is 5.75. The highest BCUT2D eigenvalue weighted by atomic mass is 16.7. The van der Waals surface area contributed by atoms with Gasteiger partial charge in [-0.3, -0.25) is 0 Å². The molecule has 1 unspecified atom stereocenters.